The van der Waals surface area contributed by atoms with Crippen LogP contribution in [0.15, 0.2) is 66.7 Å². The molecule has 1 unspecified atom stereocenters. The molecule has 0 radical (unpaired) electrons. The molecule has 2 aliphatic rings. The molecule has 2 aliphatic heterocycles. The molecule has 5 rings (SSSR count). The fourth-order valence-electron chi connectivity index (χ4n) is 3.99. The van der Waals surface area contributed by atoms with E-state index in [2.05, 4.69) is 17.4 Å². The average Bonchev–Trinajstić information content (AvgIpc) is 3.27. The van der Waals surface area contributed by atoms with E-state index in [0.717, 1.165) is 17.7 Å². The van der Waals surface area contributed by atoms with Gasteiger partial charge in [-0.2, -0.15) is 0 Å². The van der Waals surface area contributed by atoms with Crippen molar-refractivity contribution in [2.75, 3.05) is 25.8 Å². The topological polar surface area (TPSA) is 60.0 Å². The summed E-state index contributed by atoms with van der Waals surface area (Å²) in [7, 11) is 1.60. The summed E-state index contributed by atoms with van der Waals surface area (Å²) in [6.07, 6.45) is 0.411. The van der Waals surface area contributed by atoms with Gasteiger partial charge >= 0.3 is 0 Å². The summed E-state index contributed by atoms with van der Waals surface area (Å²) in [5, 5.41) is 3.53. The summed E-state index contributed by atoms with van der Waals surface area (Å²) in [4.78, 5) is 15.3. The predicted molar refractivity (Wildman–Crippen MR) is 113 cm³/mol. The minimum atomic E-state index is -0.348. The van der Waals surface area contributed by atoms with Crippen LogP contribution < -0.4 is 19.5 Å². The van der Waals surface area contributed by atoms with Crippen molar-refractivity contribution >= 4 is 11.6 Å². The van der Waals surface area contributed by atoms with Crippen molar-refractivity contribution < 1.29 is 19.0 Å². The molecule has 1 atom stereocenters. The van der Waals surface area contributed by atoms with Gasteiger partial charge in [0.15, 0.2) is 11.5 Å². The quantitative estimate of drug-likeness (QED) is 0.692. The number of methoxy groups -OCH3 is 1. The minimum Gasteiger partial charge on any atom is -0.493 e. The maximum atomic E-state index is 13.4. The molecule has 0 saturated heterocycles. The molecule has 1 amide bonds. The van der Waals surface area contributed by atoms with Crippen LogP contribution >= 0.6 is 0 Å². The second-order valence-electron chi connectivity index (χ2n) is 7.28. The van der Waals surface area contributed by atoms with Gasteiger partial charge in [0.1, 0.15) is 6.17 Å². The van der Waals surface area contributed by atoms with E-state index in [9.17, 15) is 4.79 Å². The number of rotatable bonds is 5. The van der Waals surface area contributed by atoms with Crippen LogP contribution in [0.4, 0.5) is 5.69 Å². The zero-order valence-corrected chi connectivity index (χ0v) is 16.6. The first-order valence-electron chi connectivity index (χ1n) is 9.92. The lowest BCUT2D eigenvalue weighted by molar-refractivity contribution is 0.0685. The number of carbonyl (C=O) groups is 1. The zero-order valence-electron chi connectivity index (χ0n) is 16.6. The van der Waals surface area contributed by atoms with Crippen LogP contribution in [0, 0.1) is 0 Å². The van der Waals surface area contributed by atoms with Crippen molar-refractivity contribution in [2.45, 2.75) is 12.6 Å². The molecule has 0 spiro atoms. The van der Waals surface area contributed by atoms with E-state index >= 15 is 0 Å². The highest BCUT2D eigenvalue weighted by Crippen LogP contribution is 2.44. The molecule has 6 heteroatoms. The number of hydrogen-bond acceptors (Lipinski definition) is 5. The molecular formula is C24H22N2O4. The first kappa shape index (κ1) is 18.4. The Hall–Kier alpha value is -3.67. The Morgan fingerprint density at radius 1 is 1.07 bits per heavy atom. The van der Waals surface area contributed by atoms with Crippen LogP contribution in [0.1, 0.15) is 27.7 Å². The molecule has 0 bridgehead atoms. The lowest BCUT2D eigenvalue weighted by Gasteiger charge is -2.38. The summed E-state index contributed by atoms with van der Waals surface area (Å²) in [6, 6.07) is 21.6. The highest BCUT2D eigenvalue weighted by Gasteiger charge is 2.34. The van der Waals surface area contributed by atoms with Crippen molar-refractivity contribution in [1.29, 1.82) is 0 Å². The maximum Gasteiger partial charge on any atom is 0.257 e. The number of hydrogen-bond donors (Lipinski definition) is 1. The standard InChI is InChI=1S/C24H22N2O4/c1-28-20-13-17(14-21-22(20)30-15-29-21)23-25-19-10-6-5-9-18(19)24(27)26(23)12-11-16-7-3-2-4-8-16/h2-10,13-14,23,25H,11-12,15H2,1H3. The Morgan fingerprint density at radius 2 is 1.87 bits per heavy atom. The normalized spacial score (nSPS) is 16.8. The SMILES string of the molecule is COc1cc(C2Nc3ccccc3C(=O)N2CCc2ccccc2)cc2c1OCO2. The Kier molecular flexibility index (Phi) is 4.67. The van der Waals surface area contributed by atoms with Gasteiger partial charge in [-0.3, -0.25) is 4.79 Å². The largest absolute Gasteiger partial charge is 0.493 e. The number of nitrogens with zero attached hydrogens (tertiary/aromatic N) is 1. The maximum absolute atomic E-state index is 13.4. The molecule has 2 heterocycles. The Bertz CT molecular complexity index is 1080. The Balaban J connectivity index is 1.53. The predicted octanol–water partition coefficient (Wildman–Crippen LogP) is 4.23. The van der Waals surface area contributed by atoms with Crippen molar-refractivity contribution in [3.63, 3.8) is 0 Å². The Labute approximate surface area is 175 Å². The van der Waals surface area contributed by atoms with Gasteiger partial charge in [0, 0.05) is 17.8 Å². The fourth-order valence-corrected chi connectivity index (χ4v) is 3.99. The lowest BCUT2D eigenvalue weighted by atomic mass is 10.0. The van der Waals surface area contributed by atoms with E-state index < -0.39 is 0 Å². The number of para-hydroxylation sites is 1. The van der Waals surface area contributed by atoms with Gasteiger partial charge in [-0.15, -0.1) is 0 Å². The van der Waals surface area contributed by atoms with Crippen molar-refractivity contribution in [3.8, 4) is 17.2 Å². The van der Waals surface area contributed by atoms with Gasteiger partial charge < -0.3 is 24.4 Å². The third kappa shape index (κ3) is 3.20. The van der Waals surface area contributed by atoms with Crippen LogP contribution in [0.25, 0.3) is 0 Å². The summed E-state index contributed by atoms with van der Waals surface area (Å²) in [5.41, 5.74) is 3.56. The smallest absolute Gasteiger partial charge is 0.257 e. The molecule has 0 aliphatic carbocycles. The monoisotopic (exact) mass is 402 g/mol. The van der Waals surface area contributed by atoms with Crippen molar-refractivity contribution in [2.24, 2.45) is 0 Å². The van der Waals surface area contributed by atoms with Crippen LogP contribution in [-0.4, -0.2) is 31.3 Å². The van der Waals surface area contributed by atoms with Gasteiger partial charge in [0.2, 0.25) is 12.5 Å². The number of carbonyl (C=O) groups excluding carboxylic acids is 1. The summed E-state index contributed by atoms with van der Waals surface area (Å²) in [6.45, 7) is 0.734. The van der Waals surface area contributed by atoms with Crippen molar-refractivity contribution in [1.82, 2.24) is 4.90 Å². The molecule has 0 saturated carbocycles. The summed E-state index contributed by atoms with van der Waals surface area (Å²) < 4.78 is 16.6. The average molecular weight is 402 g/mol. The van der Waals surface area contributed by atoms with E-state index in [0.29, 0.717) is 29.4 Å². The number of benzene rings is 3. The molecular weight excluding hydrogens is 380 g/mol. The van der Waals surface area contributed by atoms with Crippen LogP contribution in [-0.2, 0) is 6.42 Å². The number of amides is 1. The van der Waals surface area contributed by atoms with Crippen LogP contribution in [0.5, 0.6) is 17.2 Å². The van der Waals surface area contributed by atoms with Crippen molar-refractivity contribution in [3.05, 3.63) is 83.4 Å². The highest BCUT2D eigenvalue weighted by molar-refractivity contribution is 6.01. The van der Waals surface area contributed by atoms with E-state index in [1.54, 1.807) is 7.11 Å². The molecule has 0 fully saturated rings. The third-order valence-corrected chi connectivity index (χ3v) is 5.50. The second kappa shape index (κ2) is 7.63. The van der Waals surface area contributed by atoms with E-state index in [-0.39, 0.29) is 18.9 Å². The van der Waals surface area contributed by atoms with Gasteiger partial charge in [-0.05, 0) is 36.2 Å². The second-order valence-corrected chi connectivity index (χ2v) is 7.28. The van der Waals surface area contributed by atoms with E-state index in [1.807, 2.05) is 59.5 Å². The number of anilines is 1. The molecule has 6 nitrogen and oxygen atoms in total. The number of fused-ring (bicyclic) bond motifs is 2. The number of ether oxygens (including phenoxy) is 3. The molecule has 1 N–H and O–H groups in total. The molecule has 3 aromatic carbocycles. The molecule has 0 aromatic heterocycles. The zero-order chi connectivity index (χ0) is 20.5. The van der Waals surface area contributed by atoms with E-state index in [1.165, 1.54) is 5.56 Å². The van der Waals surface area contributed by atoms with Gasteiger partial charge in [-0.25, -0.2) is 0 Å². The van der Waals surface area contributed by atoms with Crippen LogP contribution in [0.2, 0.25) is 0 Å². The first-order chi connectivity index (χ1) is 14.7. The summed E-state index contributed by atoms with van der Waals surface area (Å²) in [5.74, 6) is 1.82. The fraction of sp³-hybridized carbons (Fsp3) is 0.208. The van der Waals surface area contributed by atoms with Gasteiger partial charge in [0.05, 0.1) is 12.7 Å². The Morgan fingerprint density at radius 3 is 2.70 bits per heavy atom. The molecule has 152 valence electrons. The van der Waals surface area contributed by atoms with E-state index in [4.69, 9.17) is 14.2 Å². The first-order valence-corrected chi connectivity index (χ1v) is 9.92. The van der Waals surface area contributed by atoms with Gasteiger partial charge in [0.25, 0.3) is 5.91 Å². The summed E-state index contributed by atoms with van der Waals surface area (Å²) >= 11 is 0. The molecule has 30 heavy (non-hydrogen) atoms. The highest BCUT2D eigenvalue weighted by atomic mass is 16.7. The third-order valence-electron chi connectivity index (χ3n) is 5.50. The van der Waals surface area contributed by atoms with Crippen LogP contribution in [0.3, 0.4) is 0 Å². The molecule has 3 aromatic rings. The number of nitrogens with one attached hydrogen (secondary N) is 1. The van der Waals surface area contributed by atoms with Gasteiger partial charge in [-0.1, -0.05) is 42.5 Å². The minimum absolute atomic E-state index is 0.00177. The lowest BCUT2D eigenvalue weighted by Crippen LogP contribution is -2.44.